The van der Waals surface area contributed by atoms with Gasteiger partial charge >= 0.3 is 0 Å². The highest BCUT2D eigenvalue weighted by Gasteiger charge is 2.07. The van der Waals surface area contributed by atoms with Crippen LogP contribution in [0.5, 0.6) is 0 Å². The molecule has 0 aliphatic carbocycles. The van der Waals surface area contributed by atoms with Gasteiger partial charge in [-0.3, -0.25) is 0 Å². The van der Waals surface area contributed by atoms with Crippen LogP contribution < -0.4 is 5.73 Å². The molecule has 5 nitrogen and oxygen atoms in total. The normalized spacial score (nSPS) is 10.8. The average Bonchev–Trinajstić information content (AvgIpc) is 2.83. The molecule has 84 valence electrons. The molecule has 0 bridgehead atoms. The highest BCUT2D eigenvalue weighted by molar-refractivity contribution is 7.99. The Balaban J connectivity index is 2.12. The fourth-order valence-electron chi connectivity index (χ4n) is 1.53. The number of nitrogens with zero attached hydrogens (tertiary/aromatic N) is 3. The van der Waals surface area contributed by atoms with Crippen LogP contribution in [-0.2, 0) is 0 Å². The third-order valence-electron chi connectivity index (χ3n) is 2.29. The molecule has 1 aromatic carbocycles. The number of nitrogens with one attached hydrogen (secondary N) is 1. The first kappa shape index (κ1) is 10.1. The molecule has 3 aromatic rings. The number of rotatable bonds is 2. The van der Waals surface area contributed by atoms with Crippen LogP contribution in [0.25, 0.3) is 10.9 Å². The van der Waals surface area contributed by atoms with Crippen molar-refractivity contribution in [3.05, 3.63) is 36.9 Å². The fraction of sp³-hybridized carbons (Fsp3) is 0. The Morgan fingerprint density at radius 3 is 2.94 bits per heavy atom. The standard InChI is InChI=1S/C11H9N5S/c12-7-1-2-9-8(5-7)10(16-6-15-9)17-11-13-3-4-14-11/h1-6H,12H2,(H,13,14). The number of aromatic nitrogens is 4. The predicted octanol–water partition coefficient (Wildman–Crippen LogP) is 2.09. The van der Waals surface area contributed by atoms with E-state index in [1.165, 1.54) is 11.8 Å². The maximum atomic E-state index is 5.78. The van der Waals surface area contributed by atoms with Crippen molar-refractivity contribution in [3.63, 3.8) is 0 Å². The topological polar surface area (TPSA) is 80.5 Å². The van der Waals surface area contributed by atoms with Crippen LogP contribution in [0.3, 0.4) is 0 Å². The lowest BCUT2D eigenvalue weighted by Crippen LogP contribution is -1.90. The molecule has 6 heteroatoms. The third-order valence-corrected chi connectivity index (χ3v) is 3.22. The quantitative estimate of drug-likeness (QED) is 0.532. The zero-order valence-corrected chi connectivity index (χ0v) is 9.61. The van der Waals surface area contributed by atoms with Crippen molar-refractivity contribution < 1.29 is 0 Å². The van der Waals surface area contributed by atoms with Crippen LogP contribution in [0.4, 0.5) is 5.69 Å². The number of H-pyrrole nitrogens is 1. The number of fused-ring (bicyclic) bond motifs is 1. The first-order valence-corrected chi connectivity index (χ1v) is 5.82. The monoisotopic (exact) mass is 243 g/mol. The second-order valence-electron chi connectivity index (χ2n) is 3.45. The number of hydrogen-bond donors (Lipinski definition) is 2. The van der Waals surface area contributed by atoms with E-state index in [4.69, 9.17) is 5.73 Å². The number of imidazole rings is 1. The van der Waals surface area contributed by atoms with E-state index in [-0.39, 0.29) is 0 Å². The molecule has 0 unspecified atom stereocenters. The lowest BCUT2D eigenvalue weighted by Gasteiger charge is -2.03. The van der Waals surface area contributed by atoms with E-state index in [9.17, 15) is 0 Å². The van der Waals surface area contributed by atoms with Crippen molar-refractivity contribution in [2.24, 2.45) is 0 Å². The number of aromatic amines is 1. The number of anilines is 1. The Labute approximate surface area is 102 Å². The van der Waals surface area contributed by atoms with Gasteiger partial charge in [0.15, 0.2) is 5.16 Å². The molecule has 0 saturated heterocycles. The van der Waals surface area contributed by atoms with Crippen molar-refractivity contribution in [3.8, 4) is 0 Å². The summed E-state index contributed by atoms with van der Waals surface area (Å²) in [4.78, 5) is 15.6. The van der Waals surface area contributed by atoms with Crippen LogP contribution in [-0.4, -0.2) is 19.9 Å². The Kier molecular flexibility index (Phi) is 2.41. The molecule has 2 heterocycles. The van der Waals surface area contributed by atoms with E-state index in [0.29, 0.717) is 5.69 Å². The molecular formula is C11H9N5S. The van der Waals surface area contributed by atoms with Crippen LogP contribution in [0.2, 0.25) is 0 Å². The molecule has 17 heavy (non-hydrogen) atoms. The summed E-state index contributed by atoms with van der Waals surface area (Å²) in [6, 6.07) is 5.59. The van der Waals surface area contributed by atoms with Gasteiger partial charge in [-0.2, -0.15) is 0 Å². The summed E-state index contributed by atoms with van der Waals surface area (Å²) in [5, 5.41) is 2.58. The Hall–Kier alpha value is -2.08. The number of hydrogen-bond acceptors (Lipinski definition) is 5. The maximum Gasteiger partial charge on any atom is 0.171 e. The van der Waals surface area contributed by atoms with Gasteiger partial charge in [0.1, 0.15) is 11.4 Å². The highest BCUT2D eigenvalue weighted by atomic mass is 32.2. The van der Waals surface area contributed by atoms with E-state index >= 15 is 0 Å². The molecule has 0 spiro atoms. The minimum atomic E-state index is 0.702. The Morgan fingerprint density at radius 1 is 1.18 bits per heavy atom. The minimum Gasteiger partial charge on any atom is -0.399 e. The van der Waals surface area contributed by atoms with Crippen LogP contribution in [0.1, 0.15) is 0 Å². The van der Waals surface area contributed by atoms with E-state index in [1.807, 2.05) is 18.2 Å². The first-order chi connectivity index (χ1) is 8.33. The summed E-state index contributed by atoms with van der Waals surface area (Å²) in [7, 11) is 0. The molecule has 0 atom stereocenters. The SMILES string of the molecule is Nc1ccc2ncnc(Sc3ncc[nH]3)c2c1. The van der Waals surface area contributed by atoms with Gasteiger partial charge in [0, 0.05) is 23.5 Å². The summed E-state index contributed by atoms with van der Waals surface area (Å²) >= 11 is 1.46. The van der Waals surface area contributed by atoms with Crippen molar-refractivity contribution in [1.82, 2.24) is 19.9 Å². The largest absolute Gasteiger partial charge is 0.399 e. The molecule has 0 amide bonds. The van der Waals surface area contributed by atoms with Crippen molar-refractivity contribution in [2.45, 2.75) is 10.2 Å². The zero-order chi connectivity index (χ0) is 11.7. The van der Waals surface area contributed by atoms with Crippen LogP contribution in [0, 0.1) is 0 Å². The fourth-order valence-corrected chi connectivity index (χ4v) is 2.33. The van der Waals surface area contributed by atoms with Gasteiger partial charge < -0.3 is 10.7 Å². The molecule has 0 aliphatic heterocycles. The van der Waals surface area contributed by atoms with Crippen LogP contribution in [0.15, 0.2) is 47.1 Å². The third kappa shape index (κ3) is 1.94. The summed E-state index contributed by atoms with van der Waals surface area (Å²) in [6.45, 7) is 0. The molecule has 0 radical (unpaired) electrons. The molecular weight excluding hydrogens is 234 g/mol. The zero-order valence-electron chi connectivity index (χ0n) is 8.79. The molecule has 3 N–H and O–H groups in total. The molecule has 0 aliphatic rings. The summed E-state index contributed by atoms with van der Waals surface area (Å²) in [5.41, 5.74) is 7.36. The van der Waals surface area contributed by atoms with E-state index in [1.54, 1.807) is 18.7 Å². The van der Waals surface area contributed by atoms with Gasteiger partial charge in [0.05, 0.1) is 5.52 Å². The Bertz CT molecular complexity index is 650. The molecule has 0 saturated carbocycles. The van der Waals surface area contributed by atoms with Gasteiger partial charge in [-0.1, -0.05) is 0 Å². The summed E-state index contributed by atoms with van der Waals surface area (Å²) in [5.74, 6) is 0. The van der Waals surface area contributed by atoms with Crippen molar-refractivity contribution in [2.75, 3.05) is 5.73 Å². The second-order valence-corrected chi connectivity index (χ2v) is 4.43. The van der Waals surface area contributed by atoms with E-state index < -0.39 is 0 Å². The van der Waals surface area contributed by atoms with Crippen LogP contribution >= 0.6 is 11.8 Å². The first-order valence-electron chi connectivity index (χ1n) is 5.00. The van der Waals surface area contributed by atoms with E-state index in [2.05, 4.69) is 19.9 Å². The molecule has 2 aromatic heterocycles. The number of nitrogen functional groups attached to an aromatic ring is 1. The van der Waals surface area contributed by atoms with Gasteiger partial charge in [0.25, 0.3) is 0 Å². The molecule has 0 fully saturated rings. The summed E-state index contributed by atoms with van der Waals surface area (Å²) in [6.07, 6.45) is 5.03. The number of nitrogens with two attached hydrogens (primary N) is 1. The van der Waals surface area contributed by atoms with Crippen molar-refractivity contribution >= 4 is 28.4 Å². The highest BCUT2D eigenvalue weighted by Crippen LogP contribution is 2.29. The van der Waals surface area contributed by atoms with Gasteiger partial charge in [-0.25, -0.2) is 15.0 Å². The smallest absolute Gasteiger partial charge is 0.171 e. The molecule has 3 rings (SSSR count). The van der Waals surface area contributed by atoms with Gasteiger partial charge in [-0.05, 0) is 30.0 Å². The van der Waals surface area contributed by atoms with Gasteiger partial charge in [-0.15, -0.1) is 0 Å². The summed E-state index contributed by atoms with van der Waals surface area (Å²) < 4.78 is 0. The lowest BCUT2D eigenvalue weighted by atomic mass is 10.2. The maximum absolute atomic E-state index is 5.78. The van der Waals surface area contributed by atoms with E-state index in [0.717, 1.165) is 21.1 Å². The van der Waals surface area contributed by atoms with Crippen molar-refractivity contribution in [1.29, 1.82) is 0 Å². The lowest BCUT2D eigenvalue weighted by molar-refractivity contribution is 1.04. The number of benzene rings is 1. The second kappa shape index (κ2) is 4.06. The average molecular weight is 243 g/mol. The predicted molar refractivity (Wildman–Crippen MR) is 66.7 cm³/mol. The van der Waals surface area contributed by atoms with Gasteiger partial charge in [0.2, 0.25) is 0 Å². The Morgan fingerprint density at radius 2 is 2.12 bits per heavy atom. The minimum absolute atomic E-state index is 0.702.